The predicted molar refractivity (Wildman–Crippen MR) is 129 cm³/mol. The van der Waals surface area contributed by atoms with E-state index < -0.39 is 0 Å². The first-order chi connectivity index (χ1) is 16.5. The number of rotatable bonds is 7. The van der Waals surface area contributed by atoms with E-state index in [4.69, 9.17) is 0 Å². The summed E-state index contributed by atoms with van der Waals surface area (Å²) in [5.74, 6) is -0.657. The molecule has 2 amide bonds. The van der Waals surface area contributed by atoms with Gasteiger partial charge in [-0.1, -0.05) is 48.5 Å². The molecule has 7 heteroatoms. The van der Waals surface area contributed by atoms with Gasteiger partial charge < -0.3 is 10.2 Å². The molecule has 5 rings (SSSR count). The number of hydrogen-bond acceptors (Lipinski definition) is 3. The van der Waals surface area contributed by atoms with Crippen molar-refractivity contribution in [1.82, 2.24) is 20.0 Å². The van der Waals surface area contributed by atoms with Gasteiger partial charge in [0.05, 0.1) is 5.52 Å². The Morgan fingerprint density at radius 2 is 1.74 bits per heavy atom. The Hall–Kier alpha value is -4.00. The minimum Gasteiger partial charge on any atom is -0.349 e. The van der Waals surface area contributed by atoms with E-state index in [-0.39, 0.29) is 23.7 Å². The molecule has 1 aliphatic carbocycles. The molecule has 1 aliphatic rings. The van der Waals surface area contributed by atoms with Crippen molar-refractivity contribution < 1.29 is 14.0 Å². The first kappa shape index (κ1) is 21.8. The molecule has 172 valence electrons. The fraction of sp³-hybridized carbons (Fsp3) is 0.222. The van der Waals surface area contributed by atoms with Crippen molar-refractivity contribution in [3.8, 4) is 11.1 Å². The van der Waals surface area contributed by atoms with Crippen LogP contribution >= 0.6 is 0 Å². The maximum Gasteiger partial charge on any atom is 0.272 e. The van der Waals surface area contributed by atoms with Gasteiger partial charge in [0.2, 0.25) is 0 Å². The van der Waals surface area contributed by atoms with Crippen LogP contribution in [0.25, 0.3) is 22.0 Å². The van der Waals surface area contributed by atoms with Crippen LogP contribution in [-0.2, 0) is 7.05 Å². The summed E-state index contributed by atoms with van der Waals surface area (Å²) in [6.07, 6.45) is 1.90. The number of para-hydroxylation sites is 1. The van der Waals surface area contributed by atoms with Gasteiger partial charge in [-0.3, -0.25) is 14.3 Å². The topological polar surface area (TPSA) is 67.2 Å². The van der Waals surface area contributed by atoms with Gasteiger partial charge in [-0.05, 0) is 48.2 Å². The number of carbonyl (C=O) groups excluding carboxylic acids is 2. The molecule has 0 spiro atoms. The summed E-state index contributed by atoms with van der Waals surface area (Å²) in [7, 11) is 1.81. The quantitative estimate of drug-likeness (QED) is 0.448. The second kappa shape index (κ2) is 9.09. The molecule has 1 heterocycles. The fourth-order valence-corrected chi connectivity index (χ4v) is 4.30. The standard InChI is InChI=1S/C27H25FN4O2/c1-31-24-9-5-4-8-23(24)25(30-31)26(33)29-16-17-32(20-14-15-20)27(34)22-7-3-2-6-21(22)18-10-12-19(28)13-11-18/h2-13,20H,14-17H2,1H3,(H,29,33). The molecule has 1 N–H and O–H groups in total. The number of nitrogens with one attached hydrogen (secondary N) is 1. The van der Waals surface area contributed by atoms with Crippen LogP contribution in [-0.4, -0.2) is 45.6 Å². The van der Waals surface area contributed by atoms with Crippen molar-refractivity contribution in [1.29, 1.82) is 0 Å². The zero-order valence-corrected chi connectivity index (χ0v) is 18.9. The largest absolute Gasteiger partial charge is 0.349 e. The number of halogens is 1. The SMILES string of the molecule is Cn1nc(C(=O)NCCN(C(=O)c2ccccc2-c2ccc(F)cc2)C2CC2)c2ccccc21. The Morgan fingerprint density at radius 3 is 2.50 bits per heavy atom. The van der Waals surface area contributed by atoms with Gasteiger partial charge in [0.25, 0.3) is 11.8 Å². The Bertz CT molecular complexity index is 1360. The average molecular weight is 457 g/mol. The van der Waals surface area contributed by atoms with E-state index in [1.54, 1.807) is 22.9 Å². The summed E-state index contributed by atoms with van der Waals surface area (Å²) in [6, 6.07) is 21.3. The maximum atomic E-state index is 13.5. The van der Waals surface area contributed by atoms with Gasteiger partial charge in [-0.15, -0.1) is 0 Å². The Morgan fingerprint density at radius 1 is 1.03 bits per heavy atom. The molecule has 0 aliphatic heterocycles. The summed E-state index contributed by atoms with van der Waals surface area (Å²) in [4.78, 5) is 28.2. The number of hydrogen-bond donors (Lipinski definition) is 1. The number of aryl methyl sites for hydroxylation is 1. The molecule has 0 radical (unpaired) electrons. The normalized spacial score (nSPS) is 13.1. The average Bonchev–Trinajstić information content (AvgIpc) is 3.65. The van der Waals surface area contributed by atoms with Crippen molar-refractivity contribution >= 4 is 22.7 Å². The second-order valence-electron chi connectivity index (χ2n) is 8.53. The second-order valence-corrected chi connectivity index (χ2v) is 8.53. The highest BCUT2D eigenvalue weighted by atomic mass is 19.1. The number of benzene rings is 3. The van der Waals surface area contributed by atoms with Crippen molar-refractivity contribution in [2.24, 2.45) is 7.05 Å². The van der Waals surface area contributed by atoms with E-state index in [0.29, 0.717) is 24.3 Å². The molecule has 0 saturated heterocycles. The third kappa shape index (κ3) is 4.29. The summed E-state index contributed by atoms with van der Waals surface area (Å²) in [6.45, 7) is 0.725. The first-order valence-corrected chi connectivity index (χ1v) is 11.4. The van der Waals surface area contributed by atoms with Crippen molar-refractivity contribution in [2.75, 3.05) is 13.1 Å². The van der Waals surface area contributed by atoms with Gasteiger partial charge in [0.1, 0.15) is 5.82 Å². The lowest BCUT2D eigenvalue weighted by Crippen LogP contribution is -2.40. The molecule has 0 bridgehead atoms. The third-order valence-corrected chi connectivity index (χ3v) is 6.17. The van der Waals surface area contributed by atoms with E-state index in [0.717, 1.165) is 34.9 Å². The monoisotopic (exact) mass is 456 g/mol. The molecule has 34 heavy (non-hydrogen) atoms. The van der Waals surface area contributed by atoms with Gasteiger partial charge in [0, 0.05) is 37.1 Å². The van der Waals surface area contributed by atoms with Crippen LogP contribution in [0.15, 0.2) is 72.8 Å². The highest BCUT2D eigenvalue weighted by Gasteiger charge is 2.33. The van der Waals surface area contributed by atoms with E-state index in [9.17, 15) is 14.0 Å². The smallest absolute Gasteiger partial charge is 0.272 e. The van der Waals surface area contributed by atoms with E-state index in [2.05, 4.69) is 10.4 Å². The Labute approximate surface area is 197 Å². The van der Waals surface area contributed by atoms with Gasteiger partial charge in [-0.2, -0.15) is 5.10 Å². The Kier molecular flexibility index (Phi) is 5.84. The summed E-state index contributed by atoms with van der Waals surface area (Å²) in [5.41, 5.74) is 3.39. The lowest BCUT2D eigenvalue weighted by Gasteiger charge is -2.24. The molecule has 6 nitrogen and oxygen atoms in total. The van der Waals surface area contributed by atoms with Crippen LogP contribution in [0.5, 0.6) is 0 Å². The number of carbonyl (C=O) groups is 2. The zero-order valence-electron chi connectivity index (χ0n) is 18.9. The van der Waals surface area contributed by atoms with Crippen LogP contribution in [0.3, 0.4) is 0 Å². The van der Waals surface area contributed by atoms with Gasteiger partial charge in [0.15, 0.2) is 5.69 Å². The third-order valence-electron chi connectivity index (χ3n) is 6.17. The first-order valence-electron chi connectivity index (χ1n) is 11.4. The van der Waals surface area contributed by atoms with Crippen LogP contribution < -0.4 is 5.32 Å². The number of fused-ring (bicyclic) bond motifs is 1. The van der Waals surface area contributed by atoms with Gasteiger partial charge in [-0.25, -0.2) is 4.39 Å². The van der Waals surface area contributed by atoms with Crippen molar-refractivity contribution in [3.05, 3.63) is 89.9 Å². The summed E-state index contributed by atoms with van der Waals surface area (Å²) < 4.78 is 15.1. The van der Waals surface area contributed by atoms with E-state index in [1.165, 1.54) is 12.1 Å². The molecule has 1 saturated carbocycles. The molecule has 1 fully saturated rings. The van der Waals surface area contributed by atoms with Crippen LogP contribution in [0, 0.1) is 5.82 Å². The van der Waals surface area contributed by atoms with Crippen LogP contribution in [0.4, 0.5) is 4.39 Å². The molecule has 0 atom stereocenters. The Balaban J connectivity index is 1.31. The van der Waals surface area contributed by atoms with Crippen LogP contribution in [0.2, 0.25) is 0 Å². The molecular formula is C27H25FN4O2. The van der Waals surface area contributed by atoms with Crippen molar-refractivity contribution in [3.63, 3.8) is 0 Å². The maximum absolute atomic E-state index is 13.5. The molecule has 3 aromatic carbocycles. The predicted octanol–water partition coefficient (Wildman–Crippen LogP) is 4.41. The van der Waals surface area contributed by atoms with Crippen molar-refractivity contribution in [2.45, 2.75) is 18.9 Å². The molecule has 0 unspecified atom stereocenters. The van der Waals surface area contributed by atoms with E-state index >= 15 is 0 Å². The van der Waals surface area contributed by atoms with Gasteiger partial charge >= 0.3 is 0 Å². The summed E-state index contributed by atoms with van der Waals surface area (Å²) in [5, 5.41) is 8.09. The highest BCUT2D eigenvalue weighted by Crippen LogP contribution is 2.31. The number of amides is 2. The number of nitrogens with zero attached hydrogens (tertiary/aromatic N) is 3. The zero-order chi connectivity index (χ0) is 23.7. The van der Waals surface area contributed by atoms with E-state index in [1.807, 2.05) is 54.4 Å². The minimum atomic E-state index is -0.316. The fourth-order valence-electron chi connectivity index (χ4n) is 4.30. The molecule has 1 aromatic heterocycles. The lowest BCUT2D eigenvalue weighted by atomic mass is 9.98. The van der Waals surface area contributed by atoms with Crippen LogP contribution in [0.1, 0.15) is 33.7 Å². The molecule has 4 aromatic rings. The summed E-state index contributed by atoms with van der Waals surface area (Å²) >= 11 is 0. The minimum absolute atomic E-state index is 0.0834. The molecular weight excluding hydrogens is 431 g/mol. The highest BCUT2D eigenvalue weighted by molar-refractivity contribution is 6.05. The lowest BCUT2D eigenvalue weighted by molar-refractivity contribution is 0.0737. The number of aromatic nitrogens is 2.